The number of thioether (sulfide) groups is 1. The van der Waals surface area contributed by atoms with Crippen LogP contribution in [0, 0.1) is 10.1 Å². The maximum absolute atomic E-state index is 12.7. The van der Waals surface area contributed by atoms with Gasteiger partial charge in [-0.2, -0.15) is 0 Å². The quantitative estimate of drug-likeness (QED) is 0.221. The molecule has 0 N–H and O–H groups in total. The molecule has 0 radical (unpaired) electrons. The summed E-state index contributed by atoms with van der Waals surface area (Å²) in [6.45, 7) is 0.245. The van der Waals surface area contributed by atoms with Crippen LogP contribution < -0.4 is 0 Å². The van der Waals surface area contributed by atoms with Gasteiger partial charge in [0, 0.05) is 17.2 Å². The van der Waals surface area contributed by atoms with E-state index >= 15 is 0 Å². The predicted octanol–water partition coefficient (Wildman–Crippen LogP) is 5.50. The van der Waals surface area contributed by atoms with Crippen LogP contribution in [0.3, 0.4) is 0 Å². The highest BCUT2D eigenvalue weighted by Crippen LogP contribution is 2.36. The molecule has 0 aliphatic carbocycles. The minimum atomic E-state index is -0.525. The molecule has 1 aliphatic rings. The van der Waals surface area contributed by atoms with Crippen molar-refractivity contribution in [1.29, 1.82) is 0 Å². The second-order valence-electron chi connectivity index (χ2n) is 5.97. The summed E-state index contributed by atoms with van der Waals surface area (Å²) in [5.74, 6) is 1.04. The van der Waals surface area contributed by atoms with Crippen molar-refractivity contribution >= 4 is 57.6 Å². The number of hydrogen-bond acceptors (Lipinski definition) is 7. The third-order valence-electron chi connectivity index (χ3n) is 4.09. The van der Waals surface area contributed by atoms with Gasteiger partial charge in [-0.3, -0.25) is 19.8 Å². The minimum Gasteiger partial charge on any atom is -0.467 e. The summed E-state index contributed by atoms with van der Waals surface area (Å²) in [4.78, 5) is 25.3. The maximum atomic E-state index is 12.7. The van der Waals surface area contributed by atoms with Crippen LogP contribution in [0.1, 0.15) is 11.5 Å². The third-order valence-corrected chi connectivity index (χ3v) is 5.70. The molecule has 7 nitrogen and oxygen atoms in total. The van der Waals surface area contributed by atoms with Crippen LogP contribution in [0.25, 0.3) is 17.4 Å². The van der Waals surface area contributed by atoms with E-state index in [1.807, 2.05) is 0 Å². The molecule has 1 saturated heterocycles. The molecule has 3 heterocycles. The number of rotatable bonds is 5. The highest BCUT2D eigenvalue weighted by Gasteiger charge is 2.33. The molecule has 3 aromatic rings. The van der Waals surface area contributed by atoms with E-state index < -0.39 is 4.92 Å². The molecule has 4 rings (SSSR count). The zero-order valence-electron chi connectivity index (χ0n) is 14.5. The van der Waals surface area contributed by atoms with Gasteiger partial charge in [0.25, 0.3) is 11.6 Å². The van der Waals surface area contributed by atoms with Gasteiger partial charge >= 0.3 is 0 Å². The maximum Gasteiger partial charge on any atom is 0.281 e. The van der Waals surface area contributed by atoms with Crippen molar-refractivity contribution in [2.45, 2.75) is 6.54 Å². The molecular formula is C19H11ClN2O5S2. The monoisotopic (exact) mass is 446 g/mol. The molecule has 0 atom stereocenters. The molecular weight excluding hydrogens is 436 g/mol. The van der Waals surface area contributed by atoms with Crippen LogP contribution in [0.5, 0.6) is 0 Å². The van der Waals surface area contributed by atoms with Gasteiger partial charge in [-0.1, -0.05) is 35.6 Å². The number of amides is 1. The topological polar surface area (TPSA) is 89.7 Å². The average Bonchev–Trinajstić information content (AvgIpc) is 3.41. The van der Waals surface area contributed by atoms with E-state index in [-0.39, 0.29) is 23.2 Å². The predicted molar refractivity (Wildman–Crippen MR) is 113 cm³/mol. The van der Waals surface area contributed by atoms with Gasteiger partial charge < -0.3 is 8.83 Å². The molecule has 0 unspecified atom stereocenters. The summed E-state index contributed by atoms with van der Waals surface area (Å²) in [5.41, 5.74) is 0.132. The van der Waals surface area contributed by atoms with E-state index in [4.69, 9.17) is 32.7 Å². The van der Waals surface area contributed by atoms with E-state index in [9.17, 15) is 14.9 Å². The van der Waals surface area contributed by atoms with E-state index in [1.165, 1.54) is 23.3 Å². The first-order valence-electron chi connectivity index (χ1n) is 8.24. The second-order valence-corrected chi connectivity index (χ2v) is 8.08. The summed E-state index contributed by atoms with van der Waals surface area (Å²) in [6, 6.07) is 11.1. The number of carbonyl (C=O) groups excluding carboxylic acids is 1. The summed E-state index contributed by atoms with van der Waals surface area (Å²) < 4.78 is 11.4. The number of hydrogen-bond donors (Lipinski definition) is 0. The number of benzene rings is 1. The number of halogens is 1. The highest BCUT2D eigenvalue weighted by atomic mass is 35.5. The lowest BCUT2D eigenvalue weighted by Crippen LogP contribution is -2.27. The Labute approximate surface area is 179 Å². The Hall–Kier alpha value is -2.88. The highest BCUT2D eigenvalue weighted by molar-refractivity contribution is 8.26. The Morgan fingerprint density at radius 3 is 2.83 bits per heavy atom. The molecule has 1 aromatic carbocycles. The Morgan fingerprint density at radius 2 is 2.10 bits per heavy atom. The number of thiocarbonyl (C=S) groups is 1. The van der Waals surface area contributed by atoms with Gasteiger partial charge in [-0.25, -0.2) is 0 Å². The van der Waals surface area contributed by atoms with E-state index in [0.717, 1.165) is 11.8 Å². The molecule has 29 heavy (non-hydrogen) atoms. The molecule has 1 amide bonds. The van der Waals surface area contributed by atoms with Crippen LogP contribution in [-0.2, 0) is 11.3 Å². The number of nitro benzene ring substituents is 1. The summed E-state index contributed by atoms with van der Waals surface area (Å²) in [7, 11) is 0. The van der Waals surface area contributed by atoms with Gasteiger partial charge in [-0.05, 0) is 36.4 Å². The molecule has 1 aliphatic heterocycles. The molecule has 10 heteroatoms. The fourth-order valence-electron chi connectivity index (χ4n) is 2.76. The fraction of sp³-hybridized carbons (Fsp3) is 0.0526. The number of nitrogens with zero attached hydrogens (tertiary/aromatic N) is 2. The van der Waals surface area contributed by atoms with Gasteiger partial charge in [-0.15, -0.1) is 0 Å². The van der Waals surface area contributed by atoms with Crippen molar-refractivity contribution in [2.75, 3.05) is 0 Å². The van der Waals surface area contributed by atoms with Gasteiger partial charge in [0.1, 0.15) is 21.6 Å². The van der Waals surface area contributed by atoms with Crippen molar-refractivity contribution < 1.29 is 18.6 Å². The molecule has 0 spiro atoms. The lowest BCUT2D eigenvalue weighted by molar-refractivity contribution is -0.384. The summed E-state index contributed by atoms with van der Waals surface area (Å²) >= 11 is 12.3. The lowest BCUT2D eigenvalue weighted by Gasteiger charge is -2.11. The average molecular weight is 447 g/mol. The van der Waals surface area contributed by atoms with Gasteiger partial charge in [0.15, 0.2) is 0 Å². The van der Waals surface area contributed by atoms with Crippen molar-refractivity contribution in [3.05, 3.63) is 80.3 Å². The van der Waals surface area contributed by atoms with Crippen molar-refractivity contribution in [2.24, 2.45) is 0 Å². The van der Waals surface area contributed by atoms with E-state index in [2.05, 4.69) is 0 Å². The van der Waals surface area contributed by atoms with Crippen LogP contribution in [-0.4, -0.2) is 20.1 Å². The largest absolute Gasteiger partial charge is 0.467 e. The Balaban J connectivity index is 1.59. The molecule has 1 fully saturated rings. The SMILES string of the molecule is O=C1/C(=C/c2ccc(-c3ccc(Cl)cc3[N+](=O)[O-])o2)SC(=S)N1Cc1ccco1. The summed E-state index contributed by atoms with van der Waals surface area (Å²) in [6.07, 6.45) is 3.09. The molecule has 146 valence electrons. The van der Waals surface area contributed by atoms with Crippen LogP contribution in [0.15, 0.2) is 62.5 Å². The Bertz CT molecular complexity index is 1150. The van der Waals surface area contributed by atoms with Gasteiger partial charge in [0.05, 0.1) is 28.2 Å². The normalized spacial score (nSPS) is 15.5. The smallest absolute Gasteiger partial charge is 0.281 e. The van der Waals surface area contributed by atoms with E-state index in [0.29, 0.717) is 32.1 Å². The van der Waals surface area contributed by atoms with Crippen molar-refractivity contribution in [3.63, 3.8) is 0 Å². The first kappa shape index (κ1) is 19.4. The first-order chi connectivity index (χ1) is 13.9. The Morgan fingerprint density at radius 1 is 1.28 bits per heavy atom. The van der Waals surface area contributed by atoms with Crippen LogP contribution in [0.2, 0.25) is 5.02 Å². The van der Waals surface area contributed by atoms with E-state index in [1.54, 1.807) is 36.4 Å². The number of carbonyl (C=O) groups is 1. The third kappa shape index (κ3) is 3.98. The van der Waals surface area contributed by atoms with Crippen molar-refractivity contribution in [3.8, 4) is 11.3 Å². The molecule has 0 saturated carbocycles. The molecule has 0 bridgehead atoms. The second kappa shape index (κ2) is 7.86. The molecule has 2 aromatic heterocycles. The lowest BCUT2D eigenvalue weighted by atomic mass is 10.1. The zero-order valence-corrected chi connectivity index (χ0v) is 16.9. The Kier molecular flexibility index (Phi) is 5.27. The zero-order chi connectivity index (χ0) is 20.5. The van der Waals surface area contributed by atoms with Gasteiger partial charge in [0.2, 0.25) is 0 Å². The van der Waals surface area contributed by atoms with Crippen molar-refractivity contribution in [1.82, 2.24) is 4.90 Å². The minimum absolute atomic E-state index is 0.164. The first-order valence-corrected chi connectivity index (χ1v) is 9.84. The fourth-order valence-corrected chi connectivity index (χ4v) is 4.16. The number of furan rings is 2. The standard InChI is InChI=1S/C19H11ClN2O5S2/c20-11-3-5-14(15(8-11)22(24)25)16-6-4-12(27-16)9-17-18(23)21(19(28)29-17)10-13-2-1-7-26-13/h1-9H,10H2/b17-9-. The van der Waals surface area contributed by atoms with Crippen LogP contribution >= 0.6 is 35.6 Å². The number of nitro groups is 1. The van der Waals surface area contributed by atoms with Crippen LogP contribution in [0.4, 0.5) is 5.69 Å². The summed E-state index contributed by atoms with van der Waals surface area (Å²) in [5, 5.41) is 11.6.